The molecule has 17 heavy (non-hydrogen) atoms. The van der Waals surface area contributed by atoms with Crippen LogP contribution in [-0.2, 0) is 4.74 Å². The Morgan fingerprint density at radius 1 is 1.29 bits per heavy atom. The van der Waals surface area contributed by atoms with E-state index in [0.717, 1.165) is 11.4 Å². The highest BCUT2D eigenvalue weighted by atomic mass is 16.5. The third kappa shape index (κ3) is 3.56. The van der Waals surface area contributed by atoms with Crippen molar-refractivity contribution in [3.8, 4) is 5.88 Å². The number of methoxy groups -OCH3 is 1. The Labute approximate surface area is 103 Å². The van der Waals surface area contributed by atoms with Crippen LogP contribution < -0.4 is 10.1 Å². The molecule has 0 bridgehead atoms. The van der Waals surface area contributed by atoms with Crippen LogP contribution in [0.25, 0.3) is 0 Å². The van der Waals surface area contributed by atoms with E-state index in [0.29, 0.717) is 18.4 Å². The van der Waals surface area contributed by atoms with Crippen molar-refractivity contribution in [2.75, 3.05) is 26.1 Å². The molecule has 0 spiro atoms. The van der Waals surface area contributed by atoms with Crippen LogP contribution in [0.15, 0.2) is 6.33 Å². The molecule has 1 aromatic rings. The largest absolute Gasteiger partial charge is 0.472 e. The van der Waals surface area contributed by atoms with Gasteiger partial charge < -0.3 is 14.8 Å². The number of hydrogen-bond donors (Lipinski definition) is 1. The van der Waals surface area contributed by atoms with Crippen molar-refractivity contribution in [3.05, 3.63) is 11.9 Å². The van der Waals surface area contributed by atoms with Crippen molar-refractivity contribution in [3.63, 3.8) is 0 Å². The van der Waals surface area contributed by atoms with E-state index in [1.807, 2.05) is 14.0 Å². The molecule has 1 rings (SSSR count). The fraction of sp³-hybridized carbons (Fsp3) is 0.667. The predicted octanol–water partition coefficient (Wildman–Crippen LogP) is 2.06. The van der Waals surface area contributed by atoms with Crippen LogP contribution in [-0.4, -0.2) is 36.8 Å². The molecule has 1 atom stereocenters. The molecular formula is C12H21N3O2. The van der Waals surface area contributed by atoms with Gasteiger partial charge in [-0.25, -0.2) is 9.97 Å². The summed E-state index contributed by atoms with van der Waals surface area (Å²) in [7, 11) is 3.50. The monoisotopic (exact) mass is 239 g/mol. The zero-order valence-electron chi connectivity index (χ0n) is 11.2. The summed E-state index contributed by atoms with van der Waals surface area (Å²) in [5.41, 5.74) is 0.998. The van der Waals surface area contributed by atoms with E-state index >= 15 is 0 Å². The molecule has 0 amide bonds. The third-order valence-corrected chi connectivity index (χ3v) is 2.38. The van der Waals surface area contributed by atoms with Gasteiger partial charge in [0.15, 0.2) is 0 Å². The molecule has 0 saturated carbocycles. The third-order valence-electron chi connectivity index (χ3n) is 2.38. The summed E-state index contributed by atoms with van der Waals surface area (Å²) in [6.07, 6.45) is 1.48. The van der Waals surface area contributed by atoms with Gasteiger partial charge in [0.05, 0.1) is 12.2 Å². The van der Waals surface area contributed by atoms with Crippen LogP contribution in [0.4, 0.5) is 5.82 Å². The van der Waals surface area contributed by atoms with E-state index in [-0.39, 0.29) is 6.10 Å². The van der Waals surface area contributed by atoms with E-state index in [1.165, 1.54) is 6.33 Å². The SMILES string of the molecule is CNc1ncnc(OC(C)COC)c1C(C)C. The summed E-state index contributed by atoms with van der Waals surface area (Å²) in [4.78, 5) is 8.40. The van der Waals surface area contributed by atoms with Crippen LogP contribution in [0.2, 0.25) is 0 Å². The minimum atomic E-state index is -0.0305. The lowest BCUT2D eigenvalue weighted by molar-refractivity contribution is 0.0880. The maximum absolute atomic E-state index is 5.77. The van der Waals surface area contributed by atoms with Crippen LogP contribution in [0, 0.1) is 0 Å². The number of aromatic nitrogens is 2. The maximum atomic E-state index is 5.77. The van der Waals surface area contributed by atoms with Crippen molar-refractivity contribution < 1.29 is 9.47 Å². The Hall–Kier alpha value is -1.36. The molecule has 96 valence electrons. The Balaban J connectivity index is 2.97. The molecule has 1 N–H and O–H groups in total. The molecule has 0 radical (unpaired) electrons. The van der Waals surface area contributed by atoms with E-state index in [1.54, 1.807) is 7.11 Å². The summed E-state index contributed by atoms with van der Waals surface area (Å²) in [6.45, 7) is 6.67. The van der Waals surface area contributed by atoms with Gasteiger partial charge in [-0.15, -0.1) is 0 Å². The van der Waals surface area contributed by atoms with Crippen molar-refractivity contribution in [2.24, 2.45) is 0 Å². The number of rotatable bonds is 6. The van der Waals surface area contributed by atoms with Gasteiger partial charge in [0.25, 0.3) is 0 Å². The molecule has 0 aromatic carbocycles. The summed E-state index contributed by atoms with van der Waals surface area (Å²) in [5.74, 6) is 1.74. The van der Waals surface area contributed by atoms with Gasteiger partial charge in [0.2, 0.25) is 5.88 Å². The molecular weight excluding hydrogens is 218 g/mol. The number of nitrogens with zero attached hydrogens (tertiary/aromatic N) is 2. The molecule has 0 aliphatic heterocycles. The molecule has 1 aromatic heterocycles. The van der Waals surface area contributed by atoms with Crippen molar-refractivity contribution in [1.29, 1.82) is 0 Å². The standard InChI is InChI=1S/C12H21N3O2/c1-8(2)10-11(13-4)14-7-15-12(10)17-9(3)6-16-5/h7-9H,6H2,1-5H3,(H,13,14,15). The van der Waals surface area contributed by atoms with Gasteiger partial charge >= 0.3 is 0 Å². The van der Waals surface area contributed by atoms with Crippen molar-refractivity contribution >= 4 is 5.82 Å². The maximum Gasteiger partial charge on any atom is 0.222 e. The first-order chi connectivity index (χ1) is 8.10. The number of hydrogen-bond acceptors (Lipinski definition) is 5. The first-order valence-electron chi connectivity index (χ1n) is 5.78. The minimum absolute atomic E-state index is 0.0305. The molecule has 5 nitrogen and oxygen atoms in total. The fourth-order valence-electron chi connectivity index (χ4n) is 1.65. The van der Waals surface area contributed by atoms with E-state index in [2.05, 4.69) is 29.1 Å². The van der Waals surface area contributed by atoms with E-state index < -0.39 is 0 Å². The number of nitrogens with one attached hydrogen (secondary N) is 1. The molecule has 0 aliphatic carbocycles. The quantitative estimate of drug-likeness (QED) is 0.823. The Kier molecular flexibility index (Phi) is 5.15. The van der Waals surface area contributed by atoms with Crippen LogP contribution in [0.3, 0.4) is 0 Å². The van der Waals surface area contributed by atoms with E-state index in [9.17, 15) is 0 Å². The molecule has 0 aliphatic rings. The van der Waals surface area contributed by atoms with E-state index in [4.69, 9.17) is 9.47 Å². The van der Waals surface area contributed by atoms with Gasteiger partial charge in [-0.1, -0.05) is 13.8 Å². The Bertz CT molecular complexity index is 356. The van der Waals surface area contributed by atoms with Crippen molar-refractivity contribution in [1.82, 2.24) is 9.97 Å². The average molecular weight is 239 g/mol. The minimum Gasteiger partial charge on any atom is -0.472 e. The average Bonchev–Trinajstić information content (AvgIpc) is 2.28. The Morgan fingerprint density at radius 3 is 2.53 bits per heavy atom. The number of anilines is 1. The normalized spacial score (nSPS) is 12.6. The lowest BCUT2D eigenvalue weighted by Crippen LogP contribution is -2.20. The van der Waals surface area contributed by atoms with Gasteiger partial charge in [0.1, 0.15) is 18.2 Å². The topological polar surface area (TPSA) is 56.3 Å². The van der Waals surface area contributed by atoms with Crippen LogP contribution in [0.1, 0.15) is 32.3 Å². The summed E-state index contributed by atoms with van der Waals surface area (Å²) in [6, 6.07) is 0. The molecule has 1 unspecified atom stereocenters. The predicted molar refractivity (Wildman–Crippen MR) is 67.6 cm³/mol. The van der Waals surface area contributed by atoms with Gasteiger partial charge in [-0.2, -0.15) is 0 Å². The molecule has 5 heteroatoms. The van der Waals surface area contributed by atoms with Crippen LogP contribution >= 0.6 is 0 Å². The fourth-order valence-corrected chi connectivity index (χ4v) is 1.65. The molecule has 0 saturated heterocycles. The summed E-state index contributed by atoms with van der Waals surface area (Å²) in [5, 5.41) is 3.06. The van der Waals surface area contributed by atoms with Gasteiger partial charge in [-0.05, 0) is 12.8 Å². The number of ether oxygens (including phenoxy) is 2. The highest BCUT2D eigenvalue weighted by Crippen LogP contribution is 2.30. The molecule has 0 fully saturated rings. The second kappa shape index (κ2) is 6.39. The highest BCUT2D eigenvalue weighted by Gasteiger charge is 2.17. The smallest absolute Gasteiger partial charge is 0.222 e. The Morgan fingerprint density at radius 2 is 2.00 bits per heavy atom. The van der Waals surface area contributed by atoms with Crippen molar-refractivity contribution in [2.45, 2.75) is 32.8 Å². The molecule has 1 heterocycles. The second-order valence-corrected chi connectivity index (χ2v) is 4.23. The first kappa shape index (κ1) is 13.7. The summed E-state index contributed by atoms with van der Waals surface area (Å²) < 4.78 is 10.8. The van der Waals surface area contributed by atoms with Gasteiger partial charge in [-0.3, -0.25) is 0 Å². The lowest BCUT2D eigenvalue weighted by Gasteiger charge is -2.19. The second-order valence-electron chi connectivity index (χ2n) is 4.23. The highest BCUT2D eigenvalue weighted by molar-refractivity contribution is 5.50. The zero-order chi connectivity index (χ0) is 12.8. The summed E-state index contributed by atoms with van der Waals surface area (Å²) >= 11 is 0. The zero-order valence-corrected chi connectivity index (χ0v) is 11.2. The first-order valence-corrected chi connectivity index (χ1v) is 5.78. The van der Waals surface area contributed by atoms with Gasteiger partial charge in [0, 0.05) is 14.2 Å². The van der Waals surface area contributed by atoms with Crippen LogP contribution in [0.5, 0.6) is 5.88 Å². The lowest BCUT2D eigenvalue weighted by atomic mass is 10.1.